The fourth-order valence-electron chi connectivity index (χ4n) is 4.43. The summed E-state index contributed by atoms with van der Waals surface area (Å²) in [5.41, 5.74) is 0.574. The summed E-state index contributed by atoms with van der Waals surface area (Å²) in [7, 11) is 3.02. The maximum absolute atomic E-state index is 13.0. The second-order valence-electron chi connectivity index (χ2n) is 8.11. The Kier molecular flexibility index (Phi) is 5.50. The maximum Gasteiger partial charge on any atom is 0.272 e. The van der Waals surface area contributed by atoms with E-state index >= 15 is 0 Å². The molecule has 9 heteroatoms. The SMILES string of the molecule is COc1ccc2c(c1OC)OC1(CCN(C(=O)c3ccc([N+](=O)[O-])c(C)c3)CC1)CC2=O. The molecule has 32 heavy (non-hydrogen) atoms. The normalized spacial score (nSPS) is 16.8. The van der Waals surface area contributed by atoms with Crippen LogP contribution >= 0.6 is 0 Å². The number of methoxy groups -OCH3 is 2. The third-order valence-corrected chi connectivity index (χ3v) is 6.20. The summed E-state index contributed by atoms with van der Waals surface area (Å²) in [6.45, 7) is 2.42. The predicted molar refractivity (Wildman–Crippen MR) is 115 cm³/mol. The highest BCUT2D eigenvalue weighted by Gasteiger charge is 2.45. The zero-order valence-electron chi connectivity index (χ0n) is 18.2. The number of ether oxygens (including phenoxy) is 3. The molecule has 1 saturated heterocycles. The number of fused-ring (bicyclic) bond motifs is 1. The number of piperidine rings is 1. The summed E-state index contributed by atoms with van der Waals surface area (Å²) in [5.74, 6) is 1.03. The number of likely N-dealkylation sites (tertiary alicyclic amines) is 1. The Morgan fingerprint density at radius 3 is 2.47 bits per heavy atom. The summed E-state index contributed by atoms with van der Waals surface area (Å²) in [5, 5.41) is 11.0. The molecule has 0 aliphatic carbocycles. The number of aryl methyl sites for hydroxylation is 1. The maximum atomic E-state index is 13.0. The molecule has 2 heterocycles. The van der Waals surface area contributed by atoms with Crippen molar-refractivity contribution in [3.8, 4) is 17.2 Å². The molecule has 2 aromatic carbocycles. The van der Waals surface area contributed by atoms with Crippen molar-refractivity contribution in [2.24, 2.45) is 0 Å². The third kappa shape index (κ3) is 3.63. The van der Waals surface area contributed by atoms with E-state index in [-0.39, 0.29) is 23.8 Å². The lowest BCUT2D eigenvalue weighted by atomic mass is 9.82. The molecule has 2 aliphatic heterocycles. The van der Waals surface area contributed by atoms with Gasteiger partial charge in [0.05, 0.1) is 31.1 Å². The van der Waals surface area contributed by atoms with Gasteiger partial charge in [-0.25, -0.2) is 0 Å². The van der Waals surface area contributed by atoms with Crippen LogP contribution in [0.4, 0.5) is 5.69 Å². The van der Waals surface area contributed by atoms with E-state index in [9.17, 15) is 19.7 Å². The van der Waals surface area contributed by atoms with Crippen LogP contribution in [-0.4, -0.2) is 54.4 Å². The summed E-state index contributed by atoms with van der Waals surface area (Å²) in [4.78, 5) is 38.1. The first-order valence-corrected chi connectivity index (χ1v) is 10.3. The lowest BCUT2D eigenvalue weighted by molar-refractivity contribution is -0.385. The van der Waals surface area contributed by atoms with E-state index in [4.69, 9.17) is 14.2 Å². The van der Waals surface area contributed by atoms with E-state index in [2.05, 4.69) is 0 Å². The average Bonchev–Trinajstić information content (AvgIpc) is 2.78. The van der Waals surface area contributed by atoms with Gasteiger partial charge in [-0.05, 0) is 31.2 Å². The fraction of sp³-hybridized carbons (Fsp3) is 0.391. The number of nitrogens with zero attached hydrogens (tertiary/aromatic N) is 2. The zero-order valence-corrected chi connectivity index (χ0v) is 18.2. The molecule has 0 unspecified atom stereocenters. The molecule has 0 atom stereocenters. The van der Waals surface area contributed by atoms with E-state index < -0.39 is 10.5 Å². The molecule has 0 radical (unpaired) electrons. The molecule has 1 spiro atoms. The van der Waals surface area contributed by atoms with Crippen LogP contribution in [0, 0.1) is 17.0 Å². The Labute approximate surface area is 185 Å². The van der Waals surface area contributed by atoms with Gasteiger partial charge in [0, 0.05) is 43.1 Å². The molecule has 0 saturated carbocycles. The largest absolute Gasteiger partial charge is 0.493 e. The Morgan fingerprint density at radius 2 is 1.88 bits per heavy atom. The van der Waals surface area contributed by atoms with Crippen LogP contribution in [0.5, 0.6) is 17.2 Å². The van der Waals surface area contributed by atoms with E-state index in [0.717, 1.165) is 0 Å². The van der Waals surface area contributed by atoms with Gasteiger partial charge in [0.1, 0.15) is 5.60 Å². The Morgan fingerprint density at radius 1 is 1.16 bits per heavy atom. The minimum atomic E-state index is -0.716. The second kappa shape index (κ2) is 8.14. The smallest absolute Gasteiger partial charge is 0.272 e. The van der Waals surface area contributed by atoms with Gasteiger partial charge in [-0.2, -0.15) is 0 Å². The van der Waals surface area contributed by atoms with E-state index in [0.29, 0.717) is 59.9 Å². The quantitative estimate of drug-likeness (QED) is 0.528. The topological polar surface area (TPSA) is 108 Å². The van der Waals surface area contributed by atoms with E-state index in [1.807, 2.05) is 0 Å². The molecule has 2 aliphatic rings. The van der Waals surface area contributed by atoms with Crippen LogP contribution < -0.4 is 14.2 Å². The number of Topliss-reactive ketones (excluding diaryl/α,β-unsaturated/α-hetero) is 1. The summed E-state index contributed by atoms with van der Waals surface area (Å²) in [6.07, 6.45) is 1.20. The summed E-state index contributed by atoms with van der Waals surface area (Å²) >= 11 is 0. The Bertz CT molecular complexity index is 1100. The number of hydrogen-bond donors (Lipinski definition) is 0. The van der Waals surface area contributed by atoms with Gasteiger partial charge in [-0.3, -0.25) is 19.7 Å². The van der Waals surface area contributed by atoms with E-state index in [1.54, 1.807) is 30.0 Å². The number of ketones is 1. The van der Waals surface area contributed by atoms with Gasteiger partial charge in [0.2, 0.25) is 5.75 Å². The van der Waals surface area contributed by atoms with Crippen molar-refractivity contribution >= 4 is 17.4 Å². The molecule has 168 valence electrons. The number of carbonyl (C=O) groups is 2. The molecule has 2 aromatic rings. The first-order valence-electron chi connectivity index (χ1n) is 10.3. The van der Waals surface area contributed by atoms with Gasteiger partial charge in [-0.1, -0.05) is 0 Å². The number of nitro benzene ring substituents is 1. The van der Waals surface area contributed by atoms with Gasteiger partial charge in [0.25, 0.3) is 11.6 Å². The highest BCUT2D eigenvalue weighted by molar-refractivity contribution is 6.01. The first kappa shape index (κ1) is 21.6. The first-order chi connectivity index (χ1) is 15.3. The molecule has 0 aromatic heterocycles. The van der Waals surface area contributed by atoms with Gasteiger partial charge >= 0.3 is 0 Å². The van der Waals surface area contributed by atoms with Crippen LogP contribution in [0.2, 0.25) is 0 Å². The lowest BCUT2D eigenvalue weighted by Gasteiger charge is -2.44. The van der Waals surface area contributed by atoms with Gasteiger partial charge in [-0.15, -0.1) is 0 Å². The number of carbonyl (C=O) groups excluding carboxylic acids is 2. The number of nitro groups is 1. The van der Waals surface area contributed by atoms with Gasteiger partial charge in [0.15, 0.2) is 17.3 Å². The van der Waals surface area contributed by atoms with Crippen molar-refractivity contribution in [2.45, 2.75) is 31.8 Å². The zero-order chi connectivity index (χ0) is 23.0. The third-order valence-electron chi connectivity index (χ3n) is 6.20. The second-order valence-corrected chi connectivity index (χ2v) is 8.11. The average molecular weight is 440 g/mol. The molecular formula is C23H24N2O7. The fourth-order valence-corrected chi connectivity index (χ4v) is 4.43. The highest BCUT2D eigenvalue weighted by atomic mass is 16.6. The predicted octanol–water partition coefficient (Wildman–Crippen LogP) is 3.56. The number of benzene rings is 2. The van der Waals surface area contributed by atoms with Crippen molar-refractivity contribution in [1.29, 1.82) is 0 Å². The summed E-state index contributed by atoms with van der Waals surface area (Å²) < 4.78 is 17.1. The van der Waals surface area contributed by atoms with Crippen LogP contribution in [0.3, 0.4) is 0 Å². The molecule has 1 amide bonds. The van der Waals surface area contributed by atoms with Crippen molar-refractivity contribution in [3.05, 3.63) is 57.1 Å². The van der Waals surface area contributed by atoms with Crippen molar-refractivity contribution < 1.29 is 28.7 Å². The van der Waals surface area contributed by atoms with Crippen LogP contribution in [0.1, 0.15) is 45.5 Å². The molecule has 0 N–H and O–H groups in total. The standard InChI is InChI=1S/C23H24N2O7/c1-14-12-15(4-6-17(14)25(28)29)22(27)24-10-8-23(9-11-24)13-18(26)16-5-7-19(30-2)21(31-3)20(16)32-23/h4-7,12H,8-11,13H2,1-3H3. The minimum absolute atomic E-state index is 0.0173. The van der Waals surface area contributed by atoms with E-state index in [1.165, 1.54) is 26.4 Å². The highest BCUT2D eigenvalue weighted by Crippen LogP contribution is 2.47. The van der Waals surface area contributed by atoms with Crippen molar-refractivity contribution in [2.75, 3.05) is 27.3 Å². The molecule has 4 rings (SSSR count). The van der Waals surface area contributed by atoms with Crippen LogP contribution in [-0.2, 0) is 0 Å². The monoisotopic (exact) mass is 440 g/mol. The number of rotatable bonds is 4. The molecule has 1 fully saturated rings. The number of hydrogen-bond acceptors (Lipinski definition) is 7. The molecule has 9 nitrogen and oxygen atoms in total. The van der Waals surface area contributed by atoms with Crippen molar-refractivity contribution in [1.82, 2.24) is 4.90 Å². The molecular weight excluding hydrogens is 416 g/mol. The molecule has 0 bridgehead atoms. The van der Waals surface area contributed by atoms with Crippen molar-refractivity contribution in [3.63, 3.8) is 0 Å². The number of amides is 1. The Hall–Kier alpha value is -3.62. The van der Waals surface area contributed by atoms with Crippen LogP contribution in [0.25, 0.3) is 0 Å². The lowest BCUT2D eigenvalue weighted by Crippen LogP contribution is -2.52. The Balaban J connectivity index is 1.52. The van der Waals surface area contributed by atoms with Crippen LogP contribution in [0.15, 0.2) is 30.3 Å². The summed E-state index contributed by atoms with van der Waals surface area (Å²) in [6, 6.07) is 7.74. The minimum Gasteiger partial charge on any atom is -0.493 e. The van der Waals surface area contributed by atoms with Gasteiger partial charge < -0.3 is 19.1 Å².